The molecule has 3 nitrogen and oxygen atoms in total. The summed E-state index contributed by atoms with van der Waals surface area (Å²) >= 11 is 3.13. The standard InChI is InChI=1S/C15H10BrFN2O/c16-12-7-9(1-2-13(12)17)20-15-4-3-14(18)10-5-6-19-8-11(10)15/h1-8H,18H2. The highest BCUT2D eigenvalue weighted by Gasteiger charge is 2.08. The van der Waals surface area contributed by atoms with Gasteiger partial charge < -0.3 is 10.5 Å². The number of aromatic nitrogens is 1. The van der Waals surface area contributed by atoms with Gasteiger partial charge in [0, 0.05) is 28.9 Å². The fourth-order valence-corrected chi connectivity index (χ4v) is 2.30. The van der Waals surface area contributed by atoms with Crippen LogP contribution in [0.15, 0.2) is 53.3 Å². The van der Waals surface area contributed by atoms with Crippen molar-refractivity contribution in [2.45, 2.75) is 0 Å². The van der Waals surface area contributed by atoms with E-state index in [0.717, 1.165) is 10.8 Å². The molecule has 0 amide bonds. The molecule has 2 aromatic carbocycles. The van der Waals surface area contributed by atoms with Crippen LogP contribution in [0.3, 0.4) is 0 Å². The number of anilines is 1. The lowest BCUT2D eigenvalue weighted by Crippen LogP contribution is -1.91. The van der Waals surface area contributed by atoms with E-state index in [0.29, 0.717) is 21.7 Å². The summed E-state index contributed by atoms with van der Waals surface area (Å²) in [5.41, 5.74) is 6.58. The monoisotopic (exact) mass is 332 g/mol. The van der Waals surface area contributed by atoms with E-state index in [1.807, 2.05) is 6.07 Å². The van der Waals surface area contributed by atoms with E-state index in [1.54, 1.807) is 36.7 Å². The largest absolute Gasteiger partial charge is 0.457 e. The maximum Gasteiger partial charge on any atom is 0.137 e. The summed E-state index contributed by atoms with van der Waals surface area (Å²) in [5.74, 6) is 0.829. The van der Waals surface area contributed by atoms with Crippen LogP contribution < -0.4 is 10.5 Å². The van der Waals surface area contributed by atoms with E-state index in [9.17, 15) is 4.39 Å². The molecular formula is C15H10BrFN2O. The number of rotatable bonds is 2. The Labute approximate surface area is 123 Å². The van der Waals surface area contributed by atoms with E-state index in [2.05, 4.69) is 20.9 Å². The van der Waals surface area contributed by atoms with Crippen molar-refractivity contribution >= 4 is 32.4 Å². The van der Waals surface area contributed by atoms with E-state index in [4.69, 9.17) is 10.5 Å². The Morgan fingerprint density at radius 3 is 2.75 bits per heavy atom. The number of pyridine rings is 1. The van der Waals surface area contributed by atoms with Crippen molar-refractivity contribution in [2.75, 3.05) is 5.73 Å². The number of benzene rings is 2. The Hall–Kier alpha value is -2.14. The number of nitrogens with two attached hydrogens (primary N) is 1. The highest BCUT2D eigenvalue weighted by molar-refractivity contribution is 9.10. The first-order chi connectivity index (χ1) is 9.65. The van der Waals surface area contributed by atoms with Gasteiger partial charge in [0.05, 0.1) is 4.47 Å². The van der Waals surface area contributed by atoms with Crippen LogP contribution in [0.5, 0.6) is 11.5 Å². The van der Waals surface area contributed by atoms with Crippen LogP contribution in [-0.2, 0) is 0 Å². The van der Waals surface area contributed by atoms with Gasteiger partial charge >= 0.3 is 0 Å². The van der Waals surface area contributed by atoms with E-state index >= 15 is 0 Å². The number of hydrogen-bond acceptors (Lipinski definition) is 3. The zero-order valence-electron chi connectivity index (χ0n) is 10.3. The van der Waals surface area contributed by atoms with E-state index in [1.165, 1.54) is 6.07 Å². The van der Waals surface area contributed by atoms with Gasteiger partial charge in [-0.2, -0.15) is 0 Å². The Morgan fingerprint density at radius 2 is 1.95 bits per heavy atom. The van der Waals surface area contributed by atoms with Gasteiger partial charge in [-0.3, -0.25) is 4.98 Å². The molecule has 5 heteroatoms. The predicted molar refractivity (Wildman–Crippen MR) is 80.3 cm³/mol. The molecule has 0 unspecified atom stereocenters. The lowest BCUT2D eigenvalue weighted by molar-refractivity contribution is 0.485. The van der Waals surface area contributed by atoms with Crippen molar-refractivity contribution in [3.63, 3.8) is 0 Å². The average molecular weight is 333 g/mol. The second-order valence-corrected chi connectivity index (χ2v) is 5.11. The molecule has 1 heterocycles. The molecule has 100 valence electrons. The second kappa shape index (κ2) is 5.09. The summed E-state index contributed by atoms with van der Waals surface area (Å²) in [6.45, 7) is 0. The van der Waals surface area contributed by atoms with Crippen LogP contribution in [0, 0.1) is 5.82 Å². The van der Waals surface area contributed by atoms with Gasteiger partial charge in [-0.25, -0.2) is 4.39 Å². The zero-order valence-corrected chi connectivity index (χ0v) is 11.9. The van der Waals surface area contributed by atoms with Crippen molar-refractivity contribution in [3.05, 3.63) is 59.1 Å². The number of nitrogens with zero attached hydrogens (tertiary/aromatic N) is 1. The van der Waals surface area contributed by atoms with Crippen LogP contribution in [0.1, 0.15) is 0 Å². The molecule has 0 saturated heterocycles. The Balaban J connectivity index is 2.06. The van der Waals surface area contributed by atoms with Gasteiger partial charge in [-0.1, -0.05) is 0 Å². The third-order valence-corrected chi connectivity index (χ3v) is 3.54. The molecule has 0 aliphatic carbocycles. The van der Waals surface area contributed by atoms with Crippen LogP contribution in [0.4, 0.5) is 10.1 Å². The molecule has 0 bridgehead atoms. The Morgan fingerprint density at radius 1 is 1.10 bits per heavy atom. The molecular weight excluding hydrogens is 323 g/mol. The average Bonchev–Trinajstić information content (AvgIpc) is 2.46. The molecule has 0 aliphatic rings. The first-order valence-electron chi connectivity index (χ1n) is 5.90. The first kappa shape index (κ1) is 12.9. The fourth-order valence-electron chi connectivity index (χ4n) is 1.94. The minimum absolute atomic E-state index is 0.332. The van der Waals surface area contributed by atoms with Gasteiger partial charge in [0.25, 0.3) is 0 Å². The topological polar surface area (TPSA) is 48.1 Å². The minimum Gasteiger partial charge on any atom is -0.457 e. The Kier molecular flexibility index (Phi) is 3.28. The third-order valence-electron chi connectivity index (χ3n) is 2.93. The highest BCUT2D eigenvalue weighted by Crippen LogP contribution is 2.33. The number of hydrogen-bond donors (Lipinski definition) is 1. The van der Waals surface area contributed by atoms with Crippen LogP contribution in [0.2, 0.25) is 0 Å². The quantitative estimate of drug-likeness (QED) is 0.702. The lowest BCUT2D eigenvalue weighted by Gasteiger charge is -2.10. The van der Waals surface area contributed by atoms with E-state index < -0.39 is 0 Å². The molecule has 0 radical (unpaired) electrons. The van der Waals surface area contributed by atoms with Crippen LogP contribution in [0.25, 0.3) is 10.8 Å². The normalized spacial score (nSPS) is 10.7. The van der Waals surface area contributed by atoms with Crippen LogP contribution in [-0.4, -0.2) is 4.98 Å². The van der Waals surface area contributed by atoms with Crippen molar-refractivity contribution in [3.8, 4) is 11.5 Å². The Bertz CT molecular complexity index is 792. The summed E-state index contributed by atoms with van der Waals surface area (Å²) in [4.78, 5) is 4.08. The number of ether oxygens (including phenoxy) is 1. The minimum atomic E-state index is -0.332. The van der Waals surface area contributed by atoms with E-state index in [-0.39, 0.29) is 5.82 Å². The summed E-state index contributed by atoms with van der Waals surface area (Å²) in [6.07, 6.45) is 3.37. The maximum absolute atomic E-state index is 13.2. The number of nitrogen functional groups attached to an aromatic ring is 1. The SMILES string of the molecule is Nc1ccc(Oc2ccc(F)c(Br)c2)c2cnccc12. The third kappa shape index (κ3) is 2.32. The van der Waals surface area contributed by atoms with Crippen molar-refractivity contribution in [1.29, 1.82) is 0 Å². The van der Waals surface area contributed by atoms with Crippen LogP contribution >= 0.6 is 15.9 Å². The molecule has 0 saturated carbocycles. The molecule has 3 aromatic rings. The summed E-state index contributed by atoms with van der Waals surface area (Å²) in [7, 11) is 0. The zero-order chi connectivity index (χ0) is 14.1. The molecule has 20 heavy (non-hydrogen) atoms. The molecule has 2 N–H and O–H groups in total. The molecule has 0 spiro atoms. The summed E-state index contributed by atoms with van der Waals surface area (Å²) < 4.78 is 19.4. The number of fused-ring (bicyclic) bond motifs is 1. The van der Waals surface area contributed by atoms with Gasteiger partial charge in [-0.15, -0.1) is 0 Å². The fraction of sp³-hybridized carbons (Fsp3) is 0. The molecule has 0 aliphatic heterocycles. The van der Waals surface area contributed by atoms with Gasteiger partial charge in [0.1, 0.15) is 17.3 Å². The summed E-state index contributed by atoms with van der Waals surface area (Å²) in [6, 6.07) is 9.87. The van der Waals surface area contributed by atoms with Gasteiger partial charge in [0.2, 0.25) is 0 Å². The molecule has 3 rings (SSSR count). The van der Waals surface area contributed by atoms with Crippen molar-refractivity contribution in [1.82, 2.24) is 4.98 Å². The summed E-state index contributed by atoms with van der Waals surface area (Å²) in [5, 5.41) is 1.69. The van der Waals surface area contributed by atoms with Gasteiger partial charge in [0.15, 0.2) is 0 Å². The molecule has 0 fully saturated rings. The highest BCUT2D eigenvalue weighted by atomic mass is 79.9. The number of halogens is 2. The molecule has 0 atom stereocenters. The smallest absolute Gasteiger partial charge is 0.137 e. The molecule has 1 aromatic heterocycles. The second-order valence-electron chi connectivity index (χ2n) is 4.25. The lowest BCUT2D eigenvalue weighted by atomic mass is 10.1. The maximum atomic E-state index is 13.2. The van der Waals surface area contributed by atoms with Crippen molar-refractivity contribution < 1.29 is 9.13 Å². The first-order valence-corrected chi connectivity index (χ1v) is 6.69. The van der Waals surface area contributed by atoms with Crippen molar-refractivity contribution in [2.24, 2.45) is 0 Å². The predicted octanol–water partition coefficient (Wildman–Crippen LogP) is 4.51. The van der Waals surface area contributed by atoms with Gasteiger partial charge in [-0.05, 0) is 52.3 Å².